The number of rotatable bonds is 33. The van der Waals surface area contributed by atoms with Gasteiger partial charge in [-0.25, -0.2) is 4.57 Å². The third-order valence-electron chi connectivity index (χ3n) is 7.62. The second kappa shape index (κ2) is 33.4. The van der Waals surface area contributed by atoms with Gasteiger partial charge in [0.05, 0.1) is 25.4 Å². The molecule has 1 amide bonds. The van der Waals surface area contributed by atoms with Crippen molar-refractivity contribution in [3.63, 3.8) is 0 Å². The fourth-order valence-corrected chi connectivity index (χ4v) is 5.63. The van der Waals surface area contributed by atoms with Crippen LogP contribution in [0.5, 0.6) is 0 Å². The van der Waals surface area contributed by atoms with Crippen molar-refractivity contribution in [2.24, 2.45) is 5.73 Å². The van der Waals surface area contributed by atoms with Crippen molar-refractivity contribution in [3.8, 4) is 0 Å². The molecular weight excluding hydrogens is 599 g/mol. The molecule has 0 aliphatic rings. The third-order valence-corrected chi connectivity index (χ3v) is 8.60. The molecule has 3 unspecified atom stereocenters. The molecule has 0 aliphatic carbocycles. The van der Waals surface area contributed by atoms with E-state index < -0.39 is 20.0 Å². The average molecular weight is 669 g/mol. The lowest BCUT2D eigenvalue weighted by atomic mass is 10.1. The summed E-state index contributed by atoms with van der Waals surface area (Å²) in [5.74, 6) is -0.218. The van der Waals surface area contributed by atoms with Gasteiger partial charge in [0.25, 0.3) is 0 Å². The second-order valence-electron chi connectivity index (χ2n) is 12.0. The van der Waals surface area contributed by atoms with E-state index in [0.29, 0.717) is 6.42 Å². The van der Waals surface area contributed by atoms with Gasteiger partial charge in [0.15, 0.2) is 0 Å². The number of aliphatic hydroxyl groups is 1. The topological polar surface area (TPSA) is 131 Å². The summed E-state index contributed by atoms with van der Waals surface area (Å²) in [6.45, 7) is 3.95. The summed E-state index contributed by atoms with van der Waals surface area (Å²) >= 11 is 0. The van der Waals surface area contributed by atoms with Crippen molar-refractivity contribution < 1.29 is 28.4 Å². The lowest BCUT2D eigenvalue weighted by molar-refractivity contribution is -0.123. The number of nitrogens with two attached hydrogens (primary N) is 1. The van der Waals surface area contributed by atoms with Crippen LogP contribution in [-0.2, 0) is 18.4 Å². The number of hydrogen-bond acceptors (Lipinski definition) is 6. The monoisotopic (exact) mass is 668 g/mol. The molecule has 0 aliphatic heterocycles. The zero-order valence-corrected chi connectivity index (χ0v) is 30.2. The Balaban J connectivity index is 4.32. The van der Waals surface area contributed by atoms with Crippen LogP contribution in [0.3, 0.4) is 0 Å². The molecule has 0 rings (SSSR count). The van der Waals surface area contributed by atoms with Gasteiger partial charge in [-0.1, -0.05) is 127 Å². The molecule has 0 fully saturated rings. The van der Waals surface area contributed by atoms with Crippen LogP contribution in [0.4, 0.5) is 0 Å². The van der Waals surface area contributed by atoms with Crippen molar-refractivity contribution in [1.82, 2.24) is 5.32 Å². The summed E-state index contributed by atoms with van der Waals surface area (Å²) in [4.78, 5) is 22.5. The van der Waals surface area contributed by atoms with Crippen LogP contribution in [0, 0.1) is 0 Å². The Morgan fingerprint density at radius 1 is 0.717 bits per heavy atom. The Labute approximate surface area is 282 Å². The second-order valence-corrected chi connectivity index (χ2v) is 13.5. The maximum atomic E-state index is 12.7. The van der Waals surface area contributed by atoms with Gasteiger partial charge in [0, 0.05) is 13.0 Å². The van der Waals surface area contributed by atoms with Crippen LogP contribution in [0.15, 0.2) is 48.6 Å². The van der Waals surface area contributed by atoms with E-state index in [1.54, 1.807) is 6.08 Å². The number of nitrogens with one attached hydrogen (secondary N) is 1. The summed E-state index contributed by atoms with van der Waals surface area (Å²) in [7, 11) is -4.34. The van der Waals surface area contributed by atoms with Gasteiger partial charge in [-0.15, -0.1) is 0 Å². The summed E-state index contributed by atoms with van der Waals surface area (Å²) in [6.07, 6.45) is 38.8. The Kier molecular flexibility index (Phi) is 32.2. The highest BCUT2D eigenvalue weighted by Crippen LogP contribution is 2.43. The van der Waals surface area contributed by atoms with Gasteiger partial charge in [0.2, 0.25) is 5.91 Å². The molecule has 0 aromatic rings. The molecule has 3 atom stereocenters. The number of unbranched alkanes of at least 4 members (excludes halogenated alkanes) is 15. The van der Waals surface area contributed by atoms with Gasteiger partial charge >= 0.3 is 7.82 Å². The summed E-state index contributed by atoms with van der Waals surface area (Å²) in [5.41, 5.74) is 5.34. The molecule has 0 aromatic heterocycles. The SMILES string of the molecule is CC/C=C/CC/C=C/CC/C=C/C(O)C(COP(=O)(O)OCCN)NC(=O)CCCCCCCCC/C=C\CCCCCCCC. The Morgan fingerprint density at radius 2 is 1.22 bits per heavy atom. The molecule has 268 valence electrons. The number of phosphoric ester groups is 1. The minimum absolute atomic E-state index is 0.0695. The number of carbonyl (C=O) groups excluding carboxylic acids is 1. The Hall–Kier alpha value is -1.54. The van der Waals surface area contributed by atoms with Gasteiger partial charge in [-0.2, -0.15) is 0 Å². The van der Waals surface area contributed by atoms with Gasteiger partial charge < -0.3 is 21.1 Å². The minimum Gasteiger partial charge on any atom is -0.387 e. The van der Waals surface area contributed by atoms with Crippen molar-refractivity contribution in [1.29, 1.82) is 0 Å². The molecule has 9 heteroatoms. The van der Waals surface area contributed by atoms with E-state index in [4.69, 9.17) is 14.8 Å². The van der Waals surface area contributed by atoms with E-state index in [2.05, 4.69) is 55.6 Å². The molecule has 0 aromatic carbocycles. The molecule has 0 spiro atoms. The largest absolute Gasteiger partial charge is 0.472 e. The first kappa shape index (κ1) is 44.5. The van der Waals surface area contributed by atoms with Crippen LogP contribution in [-0.4, -0.2) is 47.8 Å². The number of aliphatic hydroxyl groups excluding tert-OH is 1. The number of allylic oxidation sites excluding steroid dienone is 7. The van der Waals surface area contributed by atoms with E-state index in [0.717, 1.165) is 51.4 Å². The third kappa shape index (κ3) is 31.1. The normalized spacial score (nSPS) is 15.0. The smallest absolute Gasteiger partial charge is 0.387 e. The van der Waals surface area contributed by atoms with Crippen LogP contribution < -0.4 is 11.1 Å². The summed E-state index contributed by atoms with van der Waals surface area (Å²) in [5, 5.41) is 13.5. The molecule has 5 N–H and O–H groups in total. The summed E-state index contributed by atoms with van der Waals surface area (Å²) < 4.78 is 21.9. The van der Waals surface area contributed by atoms with E-state index in [9.17, 15) is 19.4 Å². The predicted octanol–water partition coefficient (Wildman–Crippen LogP) is 9.38. The molecule has 0 heterocycles. The van der Waals surface area contributed by atoms with Crippen molar-refractivity contribution >= 4 is 13.7 Å². The molecule has 46 heavy (non-hydrogen) atoms. The fourth-order valence-electron chi connectivity index (χ4n) is 4.87. The summed E-state index contributed by atoms with van der Waals surface area (Å²) in [6, 6.07) is -0.883. The number of carbonyl (C=O) groups is 1. The number of phosphoric acid groups is 1. The van der Waals surface area contributed by atoms with E-state index in [-0.39, 0.29) is 25.7 Å². The highest BCUT2D eigenvalue weighted by Gasteiger charge is 2.26. The highest BCUT2D eigenvalue weighted by atomic mass is 31.2. The zero-order valence-electron chi connectivity index (χ0n) is 29.3. The van der Waals surface area contributed by atoms with E-state index >= 15 is 0 Å². The van der Waals surface area contributed by atoms with Crippen molar-refractivity contribution in [2.75, 3.05) is 19.8 Å². The zero-order chi connectivity index (χ0) is 34.0. The lowest BCUT2D eigenvalue weighted by Gasteiger charge is -2.23. The first-order valence-electron chi connectivity index (χ1n) is 18.3. The van der Waals surface area contributed by atoms with Crippen molar-refractivity contribution in [2.45, 2.75) is 161 Å². The highest BCUT2D eigenvalue weighted by molar-refractivity contribution is 7.47. The molecule has 0 saturated heterocycles. The molecule has 8 nitrogen and oxygen atoms in total. The Morgan fingerprint density at radius 3 is 1.78 bits per heavy atom. The van der Waals surface area contributed by atoms with Gasteiger partial charge in [-0.3, -0.25) is 13.8 Å². The number of hydrogen-bond donors (Lipinski definition) is 4. The van der Waals surface area contributed by atoms with Crippen LogP contribution in [0.2, 0.25) is 0 Å². The van der Waals surface area contributed by atoms with Gasteiger partial charge in [0.1, 0.15) is 0 Å². The molecule has 0 bridgehead atoms. The van der Waals surface area contributed by atoms with Crippen LogP contribution in [0.1, 0.15) is 149 Å². The average Bonchev–Trinajstić information content (AvgIpc) is 3.04. The molecule has 0 radical (unpaired) electrons. The van der Waals surface area contributed by atoms with E-state index in [1.807, 2.05) is 6.08 Å². The van der Waals surface area contributed by atoms with Crippen LogP contribution >= 0.6 is 7.82 Å². The minimum atomic E-state index is -4.34. The molecule has 0 saturated carbocycles. The first-order valence-corrected chi connectivity index (χ1v) is 19.8. The maximum absolute atomic E-state index is 12.7. The first-order chi connectivity index (χ1) is 22.4. The van der Waals surface area contributed by atoms with E-state index in [1.165, 1.54) is 77.0 Å². The predicted molar refractivity (Wildman–Crippen MR) is 194 cm³/mol. The molecular formula is C37H69N2O6P. The maximum Gasteiger partial charge on any atom is 0.472 e. The standard InChI is InChI=1S/C37H69N2O6P/c1-3-5-7-9-11-13-15-16-17-18-19-20-21-23-25-27-29-31-37(41)39-35(34-45-46(42,43)44-33-32-38)36(40)30-28-26-24-22-14-12-10-8-6-4-2/h6,8,14,16-17,22,28,30,35-36,40H,3-5,7,9-13,15,18-21,23-27,29,31-34,38H2,1-2H3,(H,39,41)(H,42,43)/b8-6+,17-16-,22-14+,30-28+. The van der Waals surface area contributed by atoms with Crippen LogP contribution in [0.25, 0.3) is 0 Å². The quantitative estimate of drug-likeness (QED) is 0.0311. The fraction of sp³-hybridized carbons (Fsp3) is 0.757. The number of amides is 1. The van der Waals surface area contributed by atoms with Crippen molar-refractivity contribution in [3.05, 3.63) is 48.6 Å². The lowest BCUT2D eigenvalue weighted by Crippen LogP contribution is -2.45. The van der Waals surface area contributed by atoms with Gasteiger partial charge in [-0.05, 0) is 64.2 Å². The Bertz CT molecular complexity index is 861.